The molecule has 5 rings (SSSR count). The summed E-state index contributed by atoms with van der Waals surface area (Å²) in [5, 5.41) is 0.899. The SMILES string of the molecule is Cc1oc(-c2cccc(Cl)c2)nc1Cn1c(=O)c2cccnc2n(-c2ccccc2)c1=O. The van der Waals surface area contributed by atoms with Gasteiger partial charge in [-0.25, -0.2) is 19.3 Å². The largest absolute Gasteiger partial charge is 0.441 e. The molecule has 0 unspecified atom stereocenters. The number of halogens is 1. The molecule has 32 heavy (non-hydrogen) atoms. The molecule has 0 amide bonds. The van der Waals surface area contributed by atoms with Gasteiger partial charge in [-0.1, -0.05) is 35.9 Å². The van der Waals surface area contributed by atoms with Gasteiger partial charge in [0.05, 0.1) is 17.6 Å². The average molecular weight is 445 g/mol. The highest BCUT2D eigenvalue weighted by Crippen LogP contribution is 2.24. The van der Waals surface area contributed by atoms with E-state index < -0.39 is 11.2 Å². The van der Waals surface area contributed by atoms with Crippen molar-refractivity contribution in [2.24, 2.45) is 0 Å². The lowest BCUT2D eigenvalue weighted by Gasteiger charge is -2.12. The van der Waals surface area contributed by atoms with Gasteiger partial charge >= 0.3 is 5.69 Å². The van der Waals surface area contributed by atoms with Crippen LogP contribution >= 0.6 is 11.6 Å². The van der Waals surface area contributed by atoms with Crippen LogP contribution in [-0.4, -0.2) is 19.1 Å². The molecule has 0 aliphatic carbocycles. The second-order valence-corrected chi connectivity index (χ2v) is 7.69. The third kappa shape index (κ3) is 3.42. The number of rotatable bonds is 4. The van der Waals surface area contributed by atoms with E-state index in [0.717, 1.165) is 4.57 Å². The Kier molecular flexibility index (Phi) is 4.95. The van der Waals surface area contributed by atoms with Crippen LogP contribution in [0.25, 0.3) is 28.2 Å². The lowest BCUT2D eigenvalue weighted by molar-refractivity contribution is 0.536. The van der Waals surface area contributed by atoms with Crippen LogP contribution in [0.3, 0.4) is 0 Å². The predicted molar refractivity (Wildman–Crippen MR) is 122 cm³/mol. The van der Waals surface area contributed by atoms with Crippen molar-refractivity contribution in [3.05, 3.63) is 110 Å². The number of aromatic nitrogens is 4. The summed E-state index contributed by atoms with van der Waals surface area (Å²) in [7, 11) is 0. The van der Waals surface area contributed by atoms with E-state index in [-0.39, 0.29) is 6.54 Å². The van der Waals surface area contributed by atoms with E-state index in [0.29, 0.717) is 44.7 Å². The van der Waals surface area contributed by atoms with Crippen LogP contribution in [0.15, 0.2) is 86.9 Å². The first-order valence-corrected chi connectivity index (χ1v) is 10.3. The molecule has 7 nitrogen and oxygen atoms in total. The molecule has 2 aromatic carbocycles. The minimum absolute atomic E-state index is 0.0365. The minimum Gasteiger partial charge on any atom is -0.441 e. The average Bonchev–Trinajstić information content (AvgIpc) is 3.18. The van der Waals surface area contributed by atoms with Crippen molar-refractivity contribution in [3.63, 3.8) is 0 Å². The lowest BCUT2D eigenvalue weighted by Crippen LogP contribution is -2.40. The second-order valence-electron chi connectivity index (χ2n) is 7.25. The number of nitrogens with zero attached hydrogens (tertiary/aromatic N) is 4. The van der Waals surface area contributed by atoms with E-state index in [2.05, 4.69) is 9.97 Å². The number of hydrogen-bond donors (Lipinski definition) is 0. The number of hydrogen-bond acceptors (Lipinski definition) is 5. The highest BCUT2D eigenvalue weighted by molar-refractivity contribution is 6.30. The zero-order valence-electron chi connectivity index (χ0n) is 17.0. The predicted octanol–water partition coefficient (Wildman–Crippen LogP) is 4.21. The molecule has 3 aromatic heterocycles. The van der Waals surface area contributed by atoms with Crippen molar-refractivity contribution in [2.75, 3.05) is 0 Å². The maximum Gasteiger partial charge on any atom is 0.337 e. The maximum atomic E-state index is 13.5. The molecule has 0 aliphatic heterocycles. The number of benzene rings is 2. The van der Waals surface area contributed by atoms with Crippen LogP contribution in [0.5, 0.6) is 0 Å². The van der Waals surface area contributed by atoms with Crippen LogP contribution in [0, 0.1) is 6.92 Å². The highest BCUT2D eigenvalue weighted by atomic mass is 35.5. The van der Waals surface area contributed by atoms with E-state index in [1.807, 2.05) is 24.3 Å². The summed E-state index contributed by atoms with van der Waals surface area (Å²) in [6.45, 7) is 1.71. The Labute approximate surface area is 187 Å². The molecular weight excluding hydrogens is 428 g/mol. The fourth-order valence-corrected chi connectivity index (χ4v) is 3.79. The molecule has 5 aromatic rings. The molecule has 158 valence electrons. The summed E-state index contributed by atoms with van der Waals surface area (Å²) in [4.78, 5) is 35.5. The molecule has 0 atom stereocenters. The summed E-state index contributed by atoms with van der Waals surface area (Å²) in [6, 6.07) is 19.6. The van der Waals surface area contributed by atoms with Crippen LogP contribution in [0.4, 0.5) is 0 Å². The van der Waals surface area contributed by atoms with Gasteiger partial charge in [0, 0.05) is 16.8 Å². The summed E-state index contributed by atoms with van der Waals surface area (Å²) in [5.41, 5.74) is 1.19. The third-order valence-corrected chi connectivity index (χ3v) is 5.42. The molecule has 0 radical (unpaired) electrons. The Hall–Kier alpha value is -3.97. The Bertz CT molecular complexity index is 1570. The lowest BCUT2D eigenvalue weighted by atomic mass is 10.2. The van der Waals surface area contributed by atoms with Crippen molar-refractivity contribution in [2.45, 2.75) is 13.5 Å². The Morgan fingerprint density at radius 2 is 1.81 bits per heavy atom. The summed E-state index contributed by atoms with van der Waals surface area (Å²) < 4.78 is 8.39. The van der Waals surface area contributed by atoms with Gasteiger partial charge in [0.2, 0.25) is 5.89 Å². The Morgan fingerprint density at radius 3 is 2.59 bits per heavy atom. The van der Waals surface area contributed by atoms with Crippen molar-refractivity contribution in [1.29, 1.82) is 0 Å². The topological polar surface area (TPSA) is 82.9 Å². The van der Waals surface area contributed by atoms with Gasteiger partial charge in [0.25, 0.3) is 5.56 Å². The molecular formula is C24H17ClN4O3. The number of oxazole rings is 1. The number of para-hydroxylation sites is 1. The van der Waals surface area contributed by atoms with Crippen LogP contribution in [-0.2, 0) is 6.54 Å². The van der Waals surface area contributed by atoms with E-state index >= 15 is 0 Å². The van der Waals surface area contributed by atoms with E-state index in [1.54, 1.807) is 55.6 Å². The smallest absolute Gasteiger partial charge is 0.337 e. The van der Waals surface area contributed by atoms with Gasteiger partial charge in [-0.3, -0.25) is 9.36 Å². The van der Waals surface area contributed by atoms with Crippen LogP contribution in [0.2, 0.25) is 5.02 Å². The van der Waals surface area contributed by atoms with Crippen molar-refractivity contribution in [1.82, 2.24) is 19.1 Å². The van der Waals surface area contributed by atoms with Gasteiger partial charge in [-0.05, 0) is 49.4 Å². The number of aryl methyl sites for hydroxylation is 1. The monoisotopic (exact) mass is 444 g/mol. The summed E-state index contributed by atoms with van der Waals surface area (Å²) in [6.07, 6.45) is 1.56. The molecule has 0 aliphatic rings. The van der Waals surface area contributed by atoms with Gasteiger partial charge in [0.15, 0.2) is 5.65 Å². The van der Waals surface area contributed by atoms with Gasteiger partial charge in [-0.15, -0.1) is 0 Å². The van der Waals surface area contributed by atoms with Crippen molar-refractivity contribution < 1.29 is 4.42 Å². The minimum atomic E-state index is -0.501. The number of pyridine rings is 1. The van der Waals surface area contributed by atoms with Crippen LogP contribution in [0.1, 0.15) is 11.5 Å². The standard InChI is InChI=1S/C24H17ClN4O3/c1-15-20(27-22(32-15)16-7-5-8-17(25)13-16)14-28-23(30)19-11-6-12-26-21(19)29(24(28)31)18-9-3-2-4-10-18/h2-13H,14H2,1H3. The van der Waals surface area contributed by atoms with Gasteiger partial charge in [0.1, 0.15) is 11.5 Å². The third-order valence-electron chi connectivity index (χ3n) is 5.18. The zero-order chi connectivity index (χ0) is 22.2. The molecule has 0 fully saturated rings. The first kappa shape index (κ1) is 20.0. The molecule has 0 bridgehead atoms. The molecule has 0 saturated carbocycles. The fraction of sp³-hybridized carbons (Fsp3) is 0.0833. The fourth-order valence-electron chi connectivity index (χ4n) is 3.60. The van der Waals surface area contributed by atoms with Crippen molar-refractivity contribution >= 4 is 22.6 Å². The Balaban J connectivity index is 1.68. The molecule has 0 saturated heterocycles. The second kappa shape index (κ2) is 7.94. The quantitative estimate of drug-likeness (QED) is 0.414. The highest BCUT2D eigenvalue weighted by Gasteiger charge is 2.19. The van der Waals surface area contributed by atoms with E-state index in [1.165, 1.54) is 4.57 Å². The zero-order valence-corrected chi connectivity index (χ0v) is 17.8. The Morgan fingerprint density at radius 1 is 1.00 bits per heavy atom. The normalized spacial score (nSPS) is 11.2. The summed E-state index contributed by atoms with van der Waals surface area (Å²) >= 11 is 6.08. The van der Waals surface area contributed by atoms with E-state index in [4.69, 9.17) is 16.0 Å². The van der Waals surface area contributed by atoms with Crippen molar-refractivity contribution in [3.8, 4) is 17.1 Å². The molecule has 8 heteroatoms. The summed E-state index contributed by atoms with van der Waals surface area (Å²) in [5.74, 6) is 0.891. The molecule has 0 spiro atoms. The molecule has 0 N–H and O–H groups in total. The molecule has 3 heterocycles. The number of fused-ring (bicyclic) bond motifs is 1. The van der Waals surface area contributed by atoms with E-state index in [9.17, 15) is 9.59 Å². The first-order chi connectivity index (χ1) is 15.5. The van der Waals surface area contributed by atoms with Gasteiger partial charge in [-0.2, -0.15) is 0 Å². The van der Waals surface area contributed by atoms with Gasteiger partial charge < -0.3 is 4.42 Å². The first-order valence-electron chi connectivity index (χ1n) is 9.91. The van der Waals surface area contributed by atoms with Crippen LogP contribution < -0.4 is 11.2 Å². The maximum absolute atomic E-state index is 13.5.